The van der Waals surface area contributed by atoms with Crippen LogP contribution in [0.4, 0.5) is 28.9 Å². The predicted molar refractivity (Wildman–Crippen MR) is 106 cm³/mol. The van der Waals surface area contributed by atoms with Crippen LogP contribution in [0, 0.1) is 12.9 Å². The van der Waals surface area contributed by atoms with E-state index in [0.717, 1.165) is 6.07 Å². The van der Waals surface area contributed by atoms with Crippen LogP contribution in [0.5, 0.6) is 0 Å². The van der Waals surface area contributed by atoms with Crippen LogP contribution in [-0.4, -0.2) is 21.8 Å². The van der Waals surface area contributed by atoms with E-state index in [0.29, 0.717) is 6.07 Å². The Bertz CT molecular complexity index is 1170. The number of pyridine rings is 2. The lowest BCUT2D eigenvalue weighted by molar-refractivity contribution is -0.141. The lowest BCUT2D eigenvalue weighted by atomic mass is 10.1. The number of benzene rings is 1. The van der Waals surface area contributed by atoms with Crippen molar-refractivity contribution >= 4 is 34.8 Å². The summed E-state index contributed by atoms with van der Waals surface area (Å²) in [4.78, 5) is 31.5. The van der Waals surface area contributed by atoms with E-state index in [1.807, 2.05) is 0 Å². The van der Waals surface area contributed by atoms with Gasteiger partial charge in [-0.1, -0.05) is 11.6 Å². The number of aryl methyl sites for hydroxylation is 1. The maximum absolute atomic E-state index is 13.7. The van der Waals surface area contributed by atoms with Gasteiger partial charge in [-0.3, -0.25) is 9.59 Å². The van der Waals surface area contributed by atoms with Crippen LogP contribution in [0.2, 0.25) is 5.02 Å². The van der Waals surface area contributed by atoms with Crippen molar-refractivity contribution < 1.29 is 27.2 Å². The summed E-state index contributed by atoms with van der Waals surface area (Å²) >= 11 is 6.05. The van der Waals surface area contributed by atoms with Crippen LogP contribution in [0.1, 0.15) is 32.1 Å². The van der Waals surface area contributed by atoms with Crippen molar-refractivity contribution in [1.82, 2.24) is 9.97 Å². The molecule has 6 nitrogen and oxygen atoms in total. The minimum atomic E-state index is -4.63. The molecule has 0 aliphatic heterocycles. The molecule has 1 aromatic carbocycles. The summed E-state index contributed by atoms with van der Waals surface area (Å²) in [6, 6.07) is 8.47. The Morgan fingerprint density at radius 3 is 2.35 bits per heavy atom. The maximum Gasteiger partial charge on any atom is 0.433 e. The number of nitrogens with zero attached hydrogens (tertiary/aromatic N) is 2. The van der Waals surface area contributed by atoms with Gasteiger partial charge in [-0.25, -0.2) is 9.97 Å². The van der Waals surface area contributed by atoms with E-state index in [2.05, 4.69) is 20.6 Å². The quantitative estimate of drug-likeness (QED) is 0.426. The zero-order chi connectivity index (χ0) is 22.8. The van der Waals surface area contributed by atoms with Crippen LogP contribution in [0.25, 0.3) is 0 Å². The number of alkyl halides is 3. The van der Waals surface area contributed by atoms with Crippen LogP contribution in [-0.2, 0) is 6.18 Å². The molecule has 0 radical (unpaired) electrons. The summed E-state index contributed by atoms with van der Waals surface area (Å²) in [5, 5.41) is 5.02. The van der Waals surface area contributed by atoms with Crippen molar-refractivity contribution in [1.29, 1.82) is 0 Å². The van der Waals surface area contributed by atoms with Gasteiger partial charge in [0.2, 0.25) is 5.95 Å². The largest absolute Gasteiger partial charge is 0.433 e. The highest BCUT2D eigenvalue weighted by Gasteiger charge is 2.33. The SMILES string of the molecule is Cc1nc(C(F)(F)F)ccc1C(=O)Nc1ccc(Cl)c(NC(=O)c2cccnc2F)c1. The second-order valence-corrected chi connectivity index (χ2v) is 6.68. The first-order chi connectivity index (χ1) is 14.6. The monoisotopic (exact) mass is 452 g/mol. The van der Waals surface area contributed by atoms with Crippen molar-refractivity contribution in [2.45, 2.75) is 13.1 Å². The van der Waals surface area contributed by atoms with Crippen LogP contribution < -0.4 is 10.6 Å². The summed E-state index contributed by atoms with van der Waals surface area (Å²) < 4.78 is 51.9. The number of hydrogen-bond acceptors (Lipinski definition) is 4. The molecule has 0 bridgehead atoms. The van der Waals surface area contributed by atoms with Gasteiger partial charge in [0.15, 0.2) is 0 Å². The number of carbonyl (C=O) groups excluding carboxylic acids is 2. The molecular weight excluding hydrogens is 440 g/mol. The zero-order valence-corrected chi connectivity index (χ0v) is 16.5. The first-order valence-corrected chi connectivity index (χ1v) is 9.01. The molecule has 0 saturated heterocycles. The van der Waals surface area contributed by atoms with E-state index >= 15 is 0 Å². The van der Waals surface area contributed by atoms with E-state index in [-0.39, 0.29) is 33.2 Å². The van der Waals surface area contributed by atoms with E-state index in [4.69, 9.17) is 11.6 Å². The maximum atomic E-state index is 13.7. The van der Waals surface area contributed by atoms with Gasteiger partial charge < -0.3 is 10.6 Å². The molecule has 31 heavy (non-hydrogen) atoms. The van der Waals surface area contributed by atoms with Crippen molar-refractivity contribution in [3.8, 4) is 0 Å². The Hall–Kier alpha value is -3.53. The van der Waals surface area contributed by atoms with Crippen LogP contribution >= 0.6 is 11.6 Å². The molecule has 0 spiro atoms. The first-order valence-electron chi connectivity index (χ1n) is 8.64. The molecular formula is C20H13ClF4N4O2. The lowest BCUT2D eigenvalue weighted by Crippen LogP contribution is -2.17. The molecule has 2 amide bonds. The van der Waals surface area contributed by atoms with Crippen LogP contribution in [0.3, 0.4) is 0 Å². The third-order valence-corrected chi connectivity index (χ3v) is 4.43. The Labute approximate surface area is 178 Å². The standard InChI is InChI=1S/C20H13ClF4N4O2/c1-10-12(5-7-16(27-10)20(23,24)25)18(30)28-11-4-6-14(21)15(9-11)29-19(31)13-3-2-8-26-17(13)22/h2-9H,1H3,(H,28,30)(H,29,31). The molecule has 11 heteroatoms. The normalized spacial score (nSPS) is 11.2. The second-order valence-electron chi connectivity index (χ2n) is 6.27. The number of hydrogen-bond donors (Lipinski definition) is 2. The fourth-order valence-corrected chi connectivity index (χ4v) is 2.77. The number of carbonyl (C=O) groups is 2. The molecule has 3 aromatic rings. The molecule has 0 aliphatic rings. The average molecular weight is 453 g/mol. The molecule has 3 rings (SSSR count). The first kappa shape index (κ1) is 22.2. The highest BCUT2D eigenvalue weighted by molar-refractivity contribution is 6.34. The van der Waals surface area contributed by atoms with Crippen molar-refractivity contribution in [3.05, 3.63) is 82.1 Å². The Morgan fingerprint density at radius 1 is 1.00 bits per heavy atom. The fourth-order valence-electron chi connectivity index (χ4n) is 2.60. The third kappa shape index (κ3) is 5.15. The van der Waals surface area contributed by atoms with E-state index in [9.17, 15) is 27.2 Å². The third-order valence-electron chi connectivity index (χ3n) is 4.10. The molecule has 2 aromatic heterocycles. The number of amides is 2. The van der Waals surface area contributed by atoms with Gasteiger partial charge in [0.25, 0.3) is 11.8 Å². The molecule has 2 N–H and O–H groups in total. The lowest BCUT2D eigenvalue weighted by Gasteiger charge is -2.12. The summed E-state index contributed by atoms with van der Waals surface area (Å²) in [6.07, 6.45) is -3.44. The molecule has 0 saturated carbocycles. The number of rotatable bonds is 4. The fraction of sp³-hybridized carbons (Fsp3) is 0.100. The molecule has 0 unspecified atom stereocenters. The van der Waals surface area contributed by atoms with Gasteiger partial charge in [-0.05, 0) is 49.4 Å². The highest BCUT2D eigenvalue weighted by Crippen LogP contribution is 2.29. The zero-order valence-electron chi connectivity index (χ0n) is 15.7. The summed E-state index contributed by atoms with van der Waals surface area (Å²) in [6.45, 7) is 1.28. The molecule has 160 valence electrons. The van der Waals surface area contributed by atoms with Crippen molar-refractivity contribution in [2.24, 2.45) is 0 Å². The summed E-state index contributed by atoms with van der Waals surface area (Å²) in [5.41, 5.74) is -1.32. The van der Waals surface area contributed by atoms with Crippen LogP contribution in [0.15, 0.2) is 48.7 Å². The van der Waals surface area contributed by atoms with Crippen molar-refractivity contribution in [3.63, 3.8) is 0 Å². The number of aromatic nitrogens is 2. The van der Waals surface area contributed by atoms with Gasteiger partial charge in [0.05, 0.1) is 27.5 Å². The molecule has 0 fully saturated rings. The van der Waals surface area contributed by atoms with Gasteiger partial charge in [0.1, 0.15) is 5.69 Å². The number of halogens is 5. The van der Waals surface area contributed by atoms with E-state index < -0.39 is 29.6 Å². The molecule has 2 heterocycles. The second kappa shape index (κ2) is 8.68. The van der Waals surface area contributed by atoms with Gasteiger partial charge in [0, 0.05) is 11.9 Å². The molecule has 0 atom stereocenters. The minimum Gasteiger partial charge on any atom is -0.322 e. The van der Waals surface area contributed by atoms with Crippen molar-refractivity contribution in [2.75, 3.05) is 10.6 Å². The number of nitrogens with one attached hydrogen (secondary N) is 2. The number of anilines is 2. The van der Waals surface area contributed by atoms with Gasteiger partial charge in [-0.15, -0.1) is 0 Å². The Morgan fingerprint density at radius 2 is 1.71 bits per heavy atom. The molecule has 0 aliphatic carbocycles. The Balaban J connectivity index is 1.80. The highest BCUT2D eigenvalue weighted by atomic mass is 35.5. The Kier molecular flexibility index (Phi) is 6.21. The summed E-state index contributed by atoms with van der Waals surface area (Å²) in [5.74, 6) is -2.48. The van der Waals surface area contributed by atoms with E-state index in [1.54, 1.807) is 0 Å². The average Bonchev–Trinajstić information content (AvgIpc) is 2.70. The van der Waals surface area contributed by atoms with E-state index in [1.165, 1.54) is 43.5 Å². The predicted octanol–water partition coefficient (Wildman–Crippen LogP) is 5.10. The van der Waals surface area contributed by atoms with Gasteiger partial charge in [-0.2, -0.15) is 17.6 Å². The summed E-state index contributed by atoms with van der Waals surface area (Å²) in [7, 11) is 0. The topological polar surface area (TPSA) is 84.0 Å². The smallest absolute Gasteiger partial charge is 0.322 e. The minimum absolute atomic E-state index is 0.0639. The van der Waals surface area contributed by atoms with Gasteiger partial charge >= 0.3 is 6.18 Å².